The van der Waals surface area contributed by atoms with Gasteiger partial charge in [-0.1, -0.05) is 99.5 Å². The molecule has 4 heteroatoms. The van der Waals surface area contributed by atoms with Gasteiger partial charge in [0.05, 0.1) is 0 Å². The molecule has 0 bridgehead atoms. The second-order valence-corrected chi connectivity index (χ2v) is 10.2. The zero-order valence-corrected chi connectivity index (χ0v) is 32.1. The van der Waals surface area contributed by atoms with Crippen LogP contribution in [0.5, 0.6) is 0 Å². The average molecular weight is 717 g/mol. The van der Waals surface area contributed by atoms with Crippen molar-refractivity contribution in [2.75, 3.05) is 0 Å². The van der Waals surface area contributed by atoms with E-state index >= 15 is 0 Å². The quantitative estimate of drug-likeness (QED) is 0.119. The molecule has 0 aliphatic heterocycles. The summed E-state index contributed by atoms with van der Waals surface area (Å²) in [6.07, 6.45) is 4.40. The molecule has 0 aromatic heterocycles. The van der Waals surface area contributed by atoms with Gasteiger partial charge >= 0.3 is 30.2 Å². The summed E-state index contributed by atoms with van der Waals surface area (Å²) in [5.74, 6) is 0. The number of hydrogen-bond donors (Lipinski definition) is 0. The molecule has 0 N–H and O–H groups in total. The first-order chi connectivity index (χ1) is 19.6. The molecule has 0 saturated heterocycles. The number of halogens is 2. The Morgan fingerprint density at radius 1 is 0.500 bits per heavy atom. The average Bonchev–Trinajstić information content (AvgIpc) is 3.66. The van der Waals surface area contributed by atoms with Crippen LogP contribution in [0.2, 0.25) is 0 Å². The van der Waals surface area contributed by atoms with Crippen LogP contribution in [0.25, 0.3) is 43.8 Å². The molecule has 0 fully saturated rings. The minimum absolute atomic E-state index is 0. The molecular weight excluding hydrogens is 671 g/mol. The molecule has 6 aromatic rings. The Morgan fingerprint density at radius 2 is 0.841 bits per heavy atom. The number of benzene rings is 4. The fourth-order valence-electron chi connectivity index (χ4n) is 5.35. The van der Waals surface area contributed by atoms with E-state index in [1.165, 1.54) is 89.4 Å². The Morgan fingerprint density at radius 3 is 1.14 bits per heavy atom. The van der Waals surface area contributed by atoms with Crippen LogP contribution in [0.1, 0.15) is 49.9 Å². The monoisotopic (exact) mass is 714 g/mol. The van der Waals surface area contributed by atoms with Crippen LogP contribution >= 0.6 is 24.8 Å². The third-order valence-corrected chi connectivity index (χ3v) is 7.78. The molecule has 0 aliphatic carbocycles. The van der Waals surface area contributed by atoms with E-state index < -0.39 is 0 Å². The molecule has 6 aromatic carbocycles. The zero-order valence-electron chi connectivity index (χ0n) is 27.0. The Bertz CT molecular complexity index is 1530. The van der Waals surface area contributed by atoms with Crippen LogP contribution in [0, 0.1) is 14.9 Å². The first kappa shape index (κ1) is 41.8. The molecular formula is C40H46Cl2SiZr-4. The molecule has 2 radical (unpaired) electrons. The predicted octanol–water partition coefficient (Wildman–Crippen LogP) is 12.1. The predicted molar refractivity (Wildman–Crippen MR) is 201 cm³/mol. The Hall–Kier alpha value is -2.22. The van der Waals surface area contributed by atoms with Gasteiger partial charge in [-0.15, -0.1) is 93.9 Å². The first-order valence-electron chi connectivity index (χ1n) is 14.4. The van der Waals surface area contributed by atoms with Gasteiger partial charge in [0.2, 0.25) is 0 Å². The van der Waals surface area contributed by atoms with Gasteiger partial charge in [0.25, 0.3) is 0 Å². The van der Waals surface area contributed by atoms with E-state index in [0.717, 1.165) is 25.7 Å². The third-order valence-electron chi connectivity index (χ3n) is 7.78. The van der Waals surface area contributed by atoms with E-state index in [1.54, 1.807) is 0 Å². The molecule has 6 rings (SSSR count). The van der Waals surface area contributed by atoms with Gasteiger partial charge in [-0.3, -0.25) is 0 Å². The van der Waals surface area contributed by atoms with E-state index in [1.807, 2.05) is 0 Å². The van der Waals surface area contributed by atoms with Crippen molar-refractivity contribution in [3.63, 3.8) is 0 Å². The van der Waals surface area contributed by atoms with Crippen LogP contribution in [-0.4, -0.2) is 6.88 Å². The van der Waals surface area contributed by atoms with Crippen LogP contribution in [-0.2, 0) is 49.0 Å². The summed E-state index contributed by atoms with van der Waals surface area (Å²) in [5, 5.41) is 5.47. The van der Waals surface area contributed by atoms with Crippen molar-refractivity contribution in [2.24, 2.45) is 0 Å². The van der Waals surface area contributed by atoms with Crippen LogP contribution in [0.15, 0.2) is 109 Å². The molecule has 0 atom stereocenters. The molecule has 0 unspecified atom stereocenters. The van der Waals surface area contributed by atoms with Crippen LogP contribution in [0.4, 0.5) is 0 Å². The van der Waals surface area contributed by atoms with Gasteiger partial charge in [-0.25, -0.2) is 0 Å². The first-order valence-corrected chi connectivity index (χ1v) is 18.6. The summed E-state index contributed by atoms with van der Waals surface area (Å²) in [6, 6.07) is 40.4. The zero-order chi connectivity index (χ0) is 28.5. The number of hydrogen-bond acceptors (Lipinski definition) is 0. The molecule has 44 heavy (non-hydrogen) atoms. The van der Waals surface area contributed by atoms with Crippen molar-refractivity contribution in [3.8, 4) is 22.3 Å². The summed E-state index contributed by atoms with van der Waals surface area (Å²) in [7, 11) is 0. The fraction of sp³-hybridized carbons (Fsp3) is 0.200. The number of rotatable bonds is 6. The van der Waals surface area contributed by atoms with E-state index in [4.69, 9.17) is 0 Å². The third kappa shape index (κ3) is 9.89. The maximum atomic E-state index is 3.06. The van der Waals surface area contributed by atoms with Gasteiger partial charge in [0, 0.05) is 0 Å². The van der Waals surface area contributed by atoms with Crippen molar-refractivity contribution in [2.45, 2.75) is 53.4 Å². The number of aryl methyl sites for hydroxylation is 4. The summed E-state index contributed by atoms with van der Waals surface area (Å²) < 4.78 is 0. The molecule has 0 saturated carbocycles. The summed E-state index contributed by atoms with van der Waals surface area (Å²) in [5.41, 5.74) is 11.0. The minimum atomic E-state index is 0. The molecule has 0 nitrogen and oxygen atoms in total. The van der Waals surface area contributed by atoms with Gasteiger partial charge in [0.15, 0.2) is 0 Å². The molecule has 232 valence electrons. The van der Waals surface area contributed by atoms with Crippen LogP contribution in [0.3, 0.4) is 0 Å². The standard InChI is InChI=1S/2C19H19.2CH3.2ClH.Si.Zr/c2*1-3-14-8-10-16(11-9-14)18-7-5-6-17-12-15(4-2)13-19(17)18;;;;;;/h2*5-13H,3-4H2,1-2H3;2*1H3;2*1H;;/q4*-1;;;;. The van der Waals surface area contributed by atoms with Gasteiger partial charge in [-0.2, -0.15) is 12.1 Å². The second-order valence-electron chi connectivity index (χ2n) is 10.2. The Labute approximate surface area is 296 Å². The topological polar surface area (TPSA) is 0 Å². The van der Waals surface area contributed by atoms with E-state index in [-0.39, 0.29) is 39.7 Å². The van der Waals surface area contributed by atoms with Crippen molar-refractivity contribution >= 4 is 53.2 Å². The normalized spacial score (nSPS) is 9.61. The molecule has 0 spiro atoms. The van der Waals surface area contributed by atoms with E-state index in [2.05, 4.69) is 144 Å². The molecule has 0 heterocycles. The number of fused-ring (bicyclic) bond motifs is 2. The summed E-state index contributed by atoms with van der Waals surface area (Å²) in [4.78, 5) is 0. The van der Waals surface area contributed by atoms with E-state index in [9.17, 15) is 0 Å². The Kier molecular flexibility index (Phi) is 19.7. The second kappa shape index (κ2) is 20.7. The maximum absolute atomic E-state index is 3.06. The van der Waals surface area contributed by atoms with Crippen molar-refractivity contribution in [1.29, 1.82) is 0 Å². The van der Waals surface area contributed by atoms with Crippen molar-refractivity contribution in [3.05, 3.63) is 146 Å². The van der Waals surface area contributed by atoms with Crippen molar-refractivity contribution in [1.82, 2.24) is 0 Å². The van der Waals surface area contributed by atoms with Gasteiger partial charge in [-0.05, 0) is 47.9 Å². The summed E-state index contributed by atoms with van der Waals surface area (Å²) >= 11 is 1.36. The van der Waals surface area contributed by atoms with Crippen LogP contribution < -0.4 is 0 Å². The molecule has 0 amide bonds. The van der Waals surface area contributed by atoms with Gasteiger partial charge < -0.3 is 14.9 Å². The SMILES string of the molecule is CCc1ccc(-c2cccc3[cH-]c(CC)cc23)cc1.CCc1ccc(-c2cccc3[cH-]c(CC)cc23)cc1.Cl.Cl.[CH3-].[CH3-].[Si]=[Zr]. The van der Waals surface area contributed by atoms with E-state index in [0.29, 0.717) is 0 Å². The fourth-order valence-corrected chi connectivity index (χ4v) is 5.35. The van der Waals surface area contributed by atoms with Crippen molar-refractivity contribution < 1.29 is 23.3 Å². The Balaban J connectivity index is 0.000000733. The molecule has 0 aliphatic rings. The van der Waals surface area contributed by atoms with Gasteiger partial charge in [0.1, 0.15) is 0 Å². The summed E-state index contributed by atoms with van der Waals surface area (Å²) in [6.45, 7) is 11.9.